The summed E-state index contributed by atoms with van der Waals surface area (Å²) in [5, 5.41) is 6.76. The lowest BCUT2D eigenvalue weighted by molar-refractivity contribution is 0.389. The van der Waals surface area contributed by atoms with Crippen LogP contribution in [-0.4, -0.2) is 23.1 Å². The van der Waals surface area contributed by atoms with Gasteiger partial charge < -0.3 is 10.6 Å². The molecular weight excluding hydrogens is 236 g/mol. The zero-order chi connectivity index (χ0) is 14.5. The Hall–Kier alpha value is -1.32. The molecule has 0 fully saturated rings. The third-order valence-corrected chi connectivity index (χ3v) is 3.02. The van der Waals surface area contributed by atoms with Gasteiger partial charge in [0.25, 0.3) is 0 Å². The number of hydrogen-bond donors (Lipinski definition) is 2. The molecule has 0 radical (unpaired) electrons. The molecule has 2 N–H and O–H groups in total. The van der Waals surface area contributed by atoms with Gasteiger partial charge in [0.1, 0.15) is 17.5 Å². The van der Waals surface area contributed by atoms with Crippen molar-refractivity contribution in [2.75, 3.05) is 23.7 Å². The van der Waals surface area contributed by atoms with Gasteiger partial charge in [0.05, 0.1) is 0 Å². The fourth-order valence-electron chi connectivity index (χ4n) is 1.79. The summed E-state index contributed by atoms with van der Waals surface area (Å²) in [5.41, 5.74) is 1.44. The fraction of sp³-hybridized carbons (Fsp3) is 0.733. The lowest BCUT2D eigenvalue weighted by atomic mass is 9.92. The Morgan fingerprint density at radius 1 is 1.00 bits per heavy atom. The quantitative estimate of drug-likeness (QED) is 0.824. The Morgan fingerprint density at radius 2 is 1.58 bits per heavy atom. The third kappa shape index (κ3) is 5.05. The molecule has 4 heteroatoms. The minimum Gasteiger partial charge on any atom is -0.370 e. The van der Waals surface area contributed by atoms with Crippen LogP contribution < -0.4 is 10.6 Å². The molecule has 0 atom stereocenters. The molecule has 0 saturated carbocycles. The topological polar surface area (TPSA) is 49.8 Å². The molecule has 19 heavy (non-hydrogen) atoms. The van der Waals surface area contributed by atoms with E-state index in [1.54, 1.807) is 0 Å². The summed E-state index contributed by atoms with van der Waals surface area (Å²) in [6.45, 7) is 14.8. The van der Waals surface area contributed by atoms with Crippen LogP contribution in [0.15, 0.2) is 0 Å². The number of aryl methyl sites for hydroxylation is 1. The lowest BCUT2D eigenvalue weighted by Crippen LogP contribution is -2.16. The van der Waals surface area contributed by atoms with E-state index in [9.17, 15) is 0 Å². The van der Waals surface area contributed by atoms with Gasteiger partial charge in [-0.1, -0.05) is 27.7 Å². The molecule has 0 spiro atoms. The first-order valence-electron chi connectivity index (χ1n) is 7.22. The molecule has 0 aliphatic rings. The maximum atomic E-state index is 4.59. The zero-order valence-electron chi connectivity index (χ0n) is 13.2. The number of nitrogens with one attached hydrogen (secondary N) is 2. The summed E-state index contributed by atoms with van der Waals surface area (Å²) in [4.78, 5) is 9.13. The van der Waals surface area contributed by atoms with Crippen molar-refractivity contribution >= 4 is 11.6 Å². The van der Waals surface area contributed by atoms with Crippen molar-refractivity contribution < 1.29 is 0 Å². The molecule has 1 aromatic heterocycles. The molecule has 108 valence electrons. The number of nitrogens with zero attached hydrogens (tertiary/aromatic N) is 2. The Kier molecular flexibility index (Phi) is 5.58. The average molecular weight is 264 g/mol. The van der Waals surface area contributed by atoms with E-state index < -0.39 is 0 Å². The Balaban J connectivity index is 2.83. The molecule has 0 aromatic carbocycles. The highest BCUT2D eigenvalue weighted by Gasteiger charge is 2.12. The summed E-state index contributed by atoms with van der Waals surface area (Å²) >= 11 is 0. The largest absolute Gasteiger partial charge is 0.370 e. The van der Waals surface area contributed by atoms with E-state index in [1.807, 2.05) is 0 Å². The molecule has 0 bridgehead atoms. The van der Waals surface area contributed by atoms with Crippen LogP contribution in [0.2, 0.25) is 0 Å². The Bertz CT molecular complexity index is 407. The van der Waals surface area contributed by atoms with E-state index in [-0.39, 0.29) is 0 Å². The van der Waals surface area contributed by atoms with Crippen LogP contribution in [0.1, 0.15) is 52.4 Å². The van der Waals surface area contributed by atoms with Gasteiger partial charge in [-0.3, -0.25) is 0 Å². The van der Waals surface area contributed by atoms with Crippen LogP contribution in [0.3, 0.4) is 0 Å². The van der Waals surface area contributed by atoms with Crippen molar-refractivity contribution in [2.45, 2.75) is 54.4 Å². The van der Waals surface area contributed by atoms with Gasteiger partial charge in [-0.25, -0.2) is 9.97 Å². The third-order valence-electron chi connectivity index (χ3n) is 3.02. The van der Waals surface area contributed by atoms with Gasteiger partial charge in [-0.2, -0.15) is 0 Å². The molecule has 0 amide bonds. The zero-order valence-corrected chi connectivity index (χ0v) is 13.2. The molecule has 1 heterocycles. The summed E-state index contributed by atoms with van der Waals surface area (Å²) in [5.74, 6) is 2.81. The van der Waals surface area contributed by atoms with E-state index in [0.717, 1.165) is 49.0 Å². The Morgan fingerprint density at radius 3 is 2.05 bits per heavy atom. The van der Waals surface area contributed by atoms with E-state index in [0.29, 0.717) is 5.41 Å². The van der Waals surface area contributed by atoms with Crippen molar-refractivity contribution in [1.82, 2.24) is 9.97 Å². The maximum absolute atomic E-state index is 4.59. The summed E-state index contributed by atoms with van der Waals surface area (Å²) < 4.78 is 0. The van der Waals surface area contributed by atoms with Crippen molar-refractivity contribution in [3.05, 3.63) is 11.4 Å². The van der Waals surface area contributed by atoms with Gasteiger partial charge in [0.15, 0.2) is 0 Å². The highest BCUT2D eigenvalue weighted by atomic mass is 15.1. The van der Waals surface area contributed by atoms with Crippen molar-refractivity contribution in [1.29, 1.82) is 0 Å². The predicted octanol–water partition coefficient (Wildman–Crippen LogP) is 3.63. The summed E-state index contributed by atoms with van der Waals surface area (Å²) in [6.07, 6.45) is 1.97. The first-order chi connectivity index (χ1) is 8.87. The van der Waals surface area contributed by atoms with Crippen LogP contribution in [-0.2, 0) is 6.42 Å². The number of hydrogen-bond acceptors (Lipinski definition) is 4. The highest BCUT2D eigenvalue weighted by Crippen LogP contribution is 2.22. The second-order valence-corrected chi connectivity index (χ2v) is 6.08. The van der Waals surface area contributed by atoms with Gasteiger partial charge in [0, 0.05) is 25.1 Å². The minimum atomic E-state index is 0.339. The van der Waals surface area contributed by atoms with Crippen molar-refractivity contribution in [3.8, 4) is 0 Å². The maximum Gasteiger partial charge on any atom is 0.134 e. The summed E-state index contributed by atoms with van der Waals surface area (Å²) in [6, 6.07) is 0. The van der Waals surface area contributed by atoms with Crippen LogP contribution >= 0.6 is 0 Å². The van der Waals surface area contributed by atoms with Crippen LogP contribution in [0.4, 0.5) is 11.6 Å². The second kappa shape index (κ2) is 6.73. The minimum absolute atomic E-state index is 0.339. The molecule has 0 saturated heterocycles. The molecule has 1 aromatic rings. The van der Waals surface area contributed by atoms with E-state index in [1.165, 1.54) is 0 Å². The van der Waals surface area contributed by atoms with E-state index in [4.69, 9.17) is 0 Å². The van der Waals surface area contributed by atoms with Gasteiger partial charge in [0.2, 0.25) is 0 Å². The normalized spacial score (nSPS) is 11.5. The molecule has 4 nitrogen and oxygen atoms in total. The summed E-state index contributed by atoms with van der Waals surface area (Å²) in [7, 11) is 0. The molecule has 0 aliphatic carbocycles. The Labute approximate surface area is 117 Å². The monoisotopic (exact) mass is 264 g/mol. The molecule has 0 unspecified atom stereocenters. The number of anilines is 2. The molecule has 0 aliphatic heterocycles. The van der Waals surface area contributed by atoms with Crippen molar-refractivity contribution in [3.63, 3.8) is 0 Å². The smallest absolute Gasteiger partial charge is 0.134 e. The molecule has 1 rings (SSSR count). The predicted molar refractivity (Wildman–Crippen MR) is 82.9 cm³/mol. The standard InChI is InChI=1S/C15H28N4/c1-7-12-18-13(16-8-2)11(3)14(19-12)17-10-9-15(4,5)6/h7-10H2,1-6H3,(H2,16,17,18,19). The number of aromatic nitrogens is 2. The molecular formula is C15H28N4. The lowest BCUT2D eigenvalue weighted by Gasteiger charge is -2.19. The van der Waals surface area contributed by atoms with Gasteiger partial charge in [-0.15, -0.1) is 0 Å². The van der Waals surface area contributed by atoms with E-state index >= 15 is 0 Å². The van der Waals surface area contributed by atoms with Crippen molar-refractivity contribution in [2.24, 2.45) is 5.41 Å². The van der Waals surface area contributed by atoms with E-state index in [2.05, 4.69) is 62.1 Å². The fourth-order valence-corrected chi connectivity index (χ4v) is 1.79. The van der Waals surface area contributed by atoms with Crippen LogP contribution in [0.25, 0.3) is 0 Å². The SMILES string of the molecule is CCNc1nc(CC)nc(NCCC(C)(C)C)c1C. The first kappa shape index (κ1) is 15.7. The van der Waals surface area contributed by atoms with Gasteiger partial charge in [-0.05, 0) is 25.7 Å². The van der Waals surface area contributed by atoms with Crippen LogP contribution in [0, 0.1) is 12.3 Å². The van der Waals surface area contributed by atoms with Gasteiger partial charge >= 0.3 is 0 Å². The highest BCUT2D eigenvalue weighted by molar-refractivity contribution is 5.57. The average Bonchev–Trinajstić information content (AvgIpc) is 2.32. The van der Waals surface area contributed by atoms with Crippen LogP contribution in [0.5, 0.6) is 0 Å². The number of rotatable bonds is 6. The first-order valence-corrected chi connectivity index (χ1v) is 7.22. The second-order valence-electron chi connectivity index (χ2n) is 6.08.